The van der Waals surface area contributed by atoms with Crippen molar-refractivity contribution in [2.45, 2.75) is 25.3 Å². The van der Waals surface area contributed by atoms with Crippen LogP contribution in [0.4, 0.5) is 6.01 Å². The molecule has 0 saturated carbocycles. The number of sulfonamides is 1. The van der Waals surface area contributed by atoms with Crippen molar-refractivity contribution in [3.8, 4) is 0 Å². The minimum absolute atomic E-state index is 0.116. The summed E-state index contributed by atoms with van der Waals surface area (Å²) in [6, 6.07) is 0.792. The Morgan fingerprint density at radius 2 is 2.25 bits per heavy atom. The molecular formula is C10H12N4O5S. The number of nitrogens with one attached hydrogen (secondary N) is 1. The molecule has 0 aliphatic rings. The monoisotopic (exact) mass is 300 g/mol. The van der Waals surface area contributed by atoms with Crippen LogP contribution in [0.2, 0.25) is 0 Å². The zero-order valence-electron chi connectivity index (χ0n) is 10.7. The third-order valence-electron chi connectivity index (χ3n) is 2.49. The second-order valence-electron chi connectivity index (χ2n) is 3.90. The maximum absolute atomic E-state index is 12.1. The largest absolute Gasteiger partial charge is 0.477 e. The number of carboxylic acid groups (broad SMARTS) is 1. The van der Waals surface area contributed by atoms with Gasteiger partial charge in [-0.05, 0) is 19.9 Å². The number of rotatable bonds is 5. The number of anilines is 1. The van der Waals surface area contributed by atoms with E-state index in [-0.39, 0.29) is 22.4 Å². The first-order valence-corrected chi connectivity index (χ1v) is 7.08. The lowest BCUT2D eigenvalue weighted by molar-refractivity contribution is 0.0685. The normalized spacial score (nSPS) is 11.5. The molecule has 2 rings (SSSR count). The molecule has 0 unspecified atom stereocenters. The Morgan fingerprint density at radius 3 is 2.70 bits per heavy atom. The average molecular weight is 300 g/mol. The fraction of sp³-hybridized carbons (Fsp3) is 0.300. The Morgan fingerprint density at radius 1 is 1.55 bits per heavy atom. The van der Waals surface area contributed by atoms with Crippen LogP contribution < -0.4 is 4.72 Å². The van der Waals surface area contributed by atoms with Gasteiger partial charge in [-0.15, -0.1) is 0 Å². The molecule has 9 nitrogen and oxygen atoms in total. The summed E-state index contributed by atoms with van der Waals surface area (Å²) < 4.78 is 32.2. The van der Waals surface area contributed by atoms with Gasteiger partial charge in [-0.25, -0.2) is 17.9 Å². The van der Waals surface area contributed by atoms with Crippen molar-refractivity contribution >= 4 is 22.0 Å². The molecule has 2 N–H and O–H groups in total. The van der Waals surface area contributed by atoms with E-state index in [1.807, 2.05) is 0 Å². The van der Waals surface area contributed by atoms with E-state index in [1.165, 1.54) is 17.7 Å². The summed E-state index contributed by atoms with van der Waals surface area (Å²) in [6.07, 6.45) is 1.23. The van der Waals surface area contributed by atoms with Gasteiger partial charge in [0.15, 0.2) is 5.82 Å². The Bertz CT molecular complexity index is 746. The van der Waals surface area contributed by atoms with Crippen LogP contribution in [-0.4, -0.2) is 34.2 Å². The lowest BCUT2D eigenvalue weighted by atomic mass is 10.4. The van der Waals surface area contributed by atoms with E-state index in [0.29, 0.717) is 6.54 Å². The van der Waals surface area contributed by atoms with Crippen molar-refractivity contribution in [3.05, 3.63) is 23.8 Å². The Balaban J connectivity index is 2.37. The lowest BCUT2D eigenvalue weighted by Crippen LogP contribution is -2.12. The first-order valence-electron chi connectivity index (χ1n) is 5.60. The smallest absolute Gasteiger partial charge is 0.352 e. The van der Waals surface area contributed by atoms with E-state index in [0.717, 1.165) is 6.07 Å². The summed E-state index contributed by atoms with van der Waals surface area (Å²) in [6.45, 7) is 3.58. The predicted octanol–water partition coefficient (Wildman–Crippen LogP) is 0.698. The molecule has 20 heavy (non-hydrogen) atoms. The molecule has 10 heteroatoms. The average Bonchev–Trinajstić information content (AvgIpc) is 2.95. The van der Waals surface area contributed by atoms with E-state index in [9.17, 15) is 13.2 Å². The molecule has 0 bridgehead atoms. The van der Waals surface area contributed by atoms with E-state index in [2.05, 4.69) is 19.4 Å². The second-order valence-corrected chi connectivity index (χ2v) is 5.59. The molecule has 2 heterocycles. The summed E-state index contributed by atoms with van der Waals surface area (Å²) in [5.41, 5.74) is -0.116. The van der Waals surface area contributed by atoms with Crippen LogP contribution in [0.1, 0.15) is 23.2 Å². The zero-order chi connectivity index (χ0) is 14.9. The number of hydrogen-bond acceptors (Lipinski definition) is 6. The van der Waals surface area contributed by atoms with Crippen molar-refractivity contribution in [2.24, 2.45) is 0 Å². The quantitative estimate of drug-likeness (QED) is 0.831. The molecule has 0 spiro atoms. The van der Waals surface area contributed by atoms with Gasteiger partial charge in [0.1, 0.15) is 10.6 Å². The van der Waals surface area contributed by atoms with Crippen molar-refractivity contribution in [3.63, 3.8) is 0 Å². The molecule has 0 aliphatic heterocycles. The number of carbonyl (C=O) groups is 1. The fourth-order valence-corrected chi connectivity index (χ4v) is 2.55. The number of aromatic nitrogens is 3. The molecule has 0 radical (unpaired) electrons. The highest BCUT2D eigenvalue weighted by atomic mass is 32.2. The predicted molar refractivity (Wildman–Crippen MR) is 66.9 cm³/mol. The maximum atomic E-state index is 12.1. The first-order chi connectivity index (χ1) is 9.33. The second kappa shape index (κ2) is 4.96. The standard InChI is InChI=1S/C10H12N4O5S/c1-3-14-5-7(4-8(14)9(15)16)20(17,18)13-10-11-6(2)12-19-10/h4-5H,3H2,1-2H3,(H,15,16)(H,11,12,13). The SMILES string of the molecule is CCn1cc(S(=O)(=O)Nc2nc(C)no2)cc1C(=O)O. The van der Waals surface area contributed by atoms with Gasteiger partial charge >= 0.3 is 12.0 Å². The number of nitrogens with zero attached hydrogens (tertiary/aromatic N) is 3. The number of hydrogen-bond donors (Lipinski definition) is 2. The number of aryl methyl sites for hydroxylation is 2. The number of aromatic carboxylic acids is 1. The summed E-state index contributed by atoms with van der Waals surface area (Å²) >= 11 is 0. The van der Waals surface area contributed by atoms with Crippen LogP contribution in [0.25, 0.3) is 0 Å². The molecule has 0 aromatic carbocycles. The van der Waals surface area contributed by atoms with Crippen LogP contribution in [0, 0.1) is 6.92 Å². The summed E-state index contributed by atoms with van der Waals surface area (Å²) in [4.78, 5) is 14.5. The van der Waals surface area contributed by atoms with Crippen LogP contribution >= 0.6 is 0 Å². The highest BCUT2D eigenvalue weighted by Gasteiger charge is 2.22. The van der Waals surface area contributed by atoms with Crippen molar-refractivity contribution in [2.75, 3.05) is 4.72 Å². The summed E-state index contributed by atoms with van der Waals surface area (Å²) in [5, 5.41) is 12.4. The minimum atomic E-state index is -3.98. The van der Waals surface area contributed by atoms with Gasteiger partial charge in [0.05, 0.1) is 0 Å². The highest BCUT2D eigenvalue weighted by Crippen LogP contribution is 2.18. The van der Waals surface area contributed by atoms with Gasteiger partial charge in [0.2, 0.25) is 0 Å². The van der Waals surface area contributed by atoms with Crippen molar-refractivity contribution < 1.29 is 22.8 Å². The summed E-state index contributed by atoms with van der Waals surface area (Å²) in [5.74, 6) is -0.929. The third-order valence-corrected chi connectivity index (χ3v) is 3.78. The Kier molecular flexibility index (Phi) is 3.49. The molecule has 2 aromatic heterocycles. The number of carboxylic acids is 1. The first kappa shape index (κ1) is 14.1. The van der Waals surface area contributed by atoms with Gasteiger partial charge in [-0.2, -0.15) is 4.98 Å². The molecule has 108 valence electrons. The van der Waals surface area contributed by atoms with Gasteiger partial charge in [0, 0.05) is 12.7 Å². The maximum Gasteiger partial charge on any atom is 0.352 e. The van der Waals surface area contributed by atoms with Gasteiger partial charge in [-0.1, -0.05) is 5.16 Å². The minimum Gasteiger partial charge on any atom is -0.477 e. The van der Waals surface area contributed by atoms with E-state index in [1.54, 1.807) is 6.92 Å². The molecule has 0 aliphatic carbocycles. The van der Waals surface area contributed by atoms with E-state index >= 15 is 0 Å². The van der Waals surface area contributed by atoms with Gasteiger partial charge in [-0.3, -0.25) is 0 Å². The fourth-order valence-electron chi connectivity index (χ4n) is 1.58. The molecule has 2 aromatic rings. The van der Waals surface area contributed by atoms with E-state index < -0.39 is 16.0 Å². The van der Waals surface area contributed by atoms with Crippen LogP contribution in [0.5, 0.6) is 0 Å². The van der Waals surface area contributed by atoms with Crippen molar-refractivity contribution in [1.82, 2.24) is 14.7 Å². The zero-order valence-corrected chi connectivity index (χ0v) is 11.5. The molecular weight excluding hydrogens is 288 g/mol. The summed E-state index contributed by atoms with van der Waals surface area (Å²) in [7, 11) is -3.98. The van der Waals surface area contributed by atoms with Crippen LogP contribution in [0.3, 0.4) is 0 Å². The molecule has 0 amide bonds. The molecule has 0 atom stereocenters. The van der Waals surface area contributed by atoms with Crippen LogP contribution in [-0.2, 0) is 16.6 Å². The Labute approximate surface area is 114 Å². The van der Waals surface area contributed by atoms with E-state index in [4.69, 9.17) is 5.11 Å². The Hall–Kier alpha value is -2.36. The third kappa shape index (κ3) is 2.64. The topological polar surface area (TPSA) is 127 Å². The van der Waals surface area contributed by atoms with Gasteiger partial charge < -0.3 is 14.2 Å². The molecule has 0 saturated heterocycles. The lowest BCUT2D eigenvalue weighted by Gasteiger charge is -2.00. The highest BCUT2D eigenvalue weighted by molar-refractivity contribution is 7.92. The van der Waals surface area contributed by atoms with Crippen LogP contribution in [0.15, 0.2) is 21.7 Å². The van der Waals surface area contributed by atoms with Crippen molar-refractivity contribution in [1.29, 1.82) is 0 Å². The van der Waals surface area contributed by atoms with Gasteiger partial charge in [0.25, 0.3) is 10.0 Å². The molecule has 0 fully saturated rings.